The van der Waals surface area contributed by atoms with E-state index in [0.29, 0.717) is 22.9 Å². The normalized spacial score (nSPS) is 19.0. The maximum Gasteiger partial charge on any atom is 0.321 e. The van der Waals surface area contributed by atoms with Crippen molar-refractivity contribution in [2.45, 2.75) is 30.9 Å². The molecule has 2 atom stereocenters. The molecule has 4 N–H and O–H groups in total. The number of ether oxygens (including phenoxy) is 1. The van der Waals surface area contributed by atoms with Crippen LogP contribution in [0.5, 0.6) is 5.75 Å². The number of urea groups is 1. The van der Waals surface area contributed by atoms with Crippen LogP contribution in [0, 0.1) is 11.3 Å². The van der Waals surface area contributed by atoms with Crippen LogP contribution in [0.1, 0.15) is 31.2 Å². The van der Waals surface area contributed by atoms with Crippen molar-refractivity contribution in [2.75, 3.05) is 13.7 Å². The van der Waals surface area contributed by atoms with E-state index in [-0.39, 0.29) is 0 Å². The van der Waals surface area contributed by atoms with E-state index in [1.165, 1.54) is 0 Å². The minimum absolute atomic E-state index is 0.305. The fraction of sp³-hybridized carbons (Fsp3) is 0.389. The fourth-order valence-electron chi connectivity index (χ4n) is 2.66. The molecule has 1 heterocycles. The second kappa shape index (κ2) is 9.15. The van der Waals surface area contributed by atoms with Gasteiger partial charge in [0.15, 0.2) is 0 Å². The van der Waals surface area contributed by atoms with Gasteiger partial charge in [-0.25, -0.2) is 4.79 Å². The lowest BCUT2D eigenvalue weighted by atomic mass is 9.88. The average Bonchev–Trinajstić information content (AvgIpc) is 2.98. The first-order valence-electron chi connectivity index (χ1n) is 8.30. The van der Waals surface area contributed by atoms with Crippen LogP contribution in [0.15, 0.2) is 34.9 Å². The molecule has 0 aromatic heterocycles. The molecule has 0 saturated heterocycles. The standard InChI is InChI=1S/C18H22N4O3S/c1-3-4-9-21-18(24)22-17(23)15-14(13(10-19)16(20)26-15)11-5-7-12(25-2)8-6-11/h5-8,14-15H,3-4,9,20H2,1-2H3,(H2,21,22,23,24). The molecule has 1 aliphatic rings. The molecule has 1 aromatic carbocycles. The first kappa shape index (κ1) is 19.7. The molecule has 0 bridgehead atoms. The van der Waals surface area contributed by atoms with Crippen molar-refractivity contribution < 1.29 is 14.3 Å². The molecule has 2 unspecified atom stereocenters. The monoisotopic (exact) mass is 374 g/mol. The van der Waals surface area contributed by atoms with Gasteiger partial charge in [0.2, 0.25) is 5.91 Å². The molecule has 0 spiro atoms. The van der Waals surface area contributed by atoms with E-state index < -0.39 is 23.1 Å². The lowest BCUT2D eigenvalue weighted by molar-refractivity contribution is -0.119. The number of carbonyl (C=O) groups is 2. The summed E-state index contributed by atoms with van der Waals surface area (Å²) >= 11 is 1.10. The summed E-state index contributed by atoms with van der Waals surface area (Å²) in [6, 6.07) is 8.66. The van der Waals surface area contributed by atoms with Crippen LogP contribution in [0.3, 0.4) is 0 Å². The Bertz CT molecular complexity index is 740. The van der Waals surface area contributed by atoms with Crippen molar-refractivity contribution in [3.63, 3.8) is 0 Å². The van der Waals surface area contributed by atoms with Crippen molar-refractivity contribution in [2.24, 2.45) is 5.73 Å². The lowest BCUT2D eigenvalue weighted by Crippen LogP contribution is -2.44. The number of methoxy groups -OCH3 is 1. The Hall–Kier alpha value is -2.66. The fourth-order valence-corrected chi connectivity index (χ4v) is 3.83. The largest absolute Gasteiger partial charge is 0.497 e. The lowest BCUT2D eigenvalue weighted by Gasteiger charge is -2.19. The van der Waals surface area contributed by atoms with Gasteiger partial charge in [0.1, 0.15) is 11.0 Å². The molecule has 0 saturated carbocycles. The van der Waals surface area contributed by atoms with E-state index in [2.05, 4.69) is 16.7 Å². The van der Waals surface area contributed by atoms with E-state index in [9.17, 15) is 14.9 Å². The number of imide groups is 1. The molecule has 7 nitrogen and oxygen atoms in total. The van der Waals surface area contributed by atoms with Gasteiger partial charge in [-0.1, -0.05) is 37.2 Å². The van der Waals surface area contributed by atoms with Crippen molar-refractivity contribution in [1.82, 2.24) is 10.6 Å². The average molecular weight is 374 g/mol. The number of unbranched alkanes of at least 4 members (excludes halogenated alkanes) is 1. The summed E-state index contributed by atoms with van der Waals surface area (Å²) in [6.45, 7) is 2.51. The van der Waals surface area contributed by atoms with E-state index in [4.69, 9.17) is 10.5 Å². The third-order valence-electron chi connectivity index (χ3n) is 4.04. The van der Waals surface area contributed by atoms with Gasteiger partial charge in [-0.3, -0.25) is 10.1 Å². The predicted octanol–water partition coefficient (Wildman–Crippen LogP) is 2.21. The summed E-state index contributed by atoms with van der Waals surface area (Å²) < 4.78 is 5.14. The number of thioether (sulfide) groups is 1. The van der Waals surface area contributed by atoms with Crippen LogP contribution in [-0.2, 0) is 4.79 Å². The molecule has 0 radical (unpaired) electrons. The predicted molar refractivity (Wildman–Crippen MR) is 100 cm³/mol. The molecule has 1 aliphatic heterocycles. The highest BCUT2D eigenvalue weighted by Crippen LogP contribution is 2.45. The van der Waals surface area contributed by atoms with Crippen LogP contribution in [-0.4, -0.2) is 30.8 Å². The third kappa shape index (κ3) is 4.49. The van der Waals surface area contributed by atoms with Gasteiger partial charge in [-0.05, 0) is 24.1 Å². The maximum absolute atomic E-state index is 12.6. The van der Waals surface area contributed by atoms with Crippen molar-refractivity contribution in [3.05, 3.63) is 40.4 Å². The van der Waals surface area contributed by atoms with E-state index >= 15 is 0 Å². The minimum atomic E-state index is -0.685. The molecular formula is C18H22N4O3S. The van der Waals surface area contributed by atoms with Crippen LogP contribution in [0.25, 0.3) is 0 Å². The zero-order valence-electron chi connectivity index (χ0n) is 14.7. The van der Waals surface area contributed by atoms with Gasteiger partial charge in [-0.15, -0.1) is 0 Å². The Morgan fingerprint density at radius 3 is 2.62 bits per heavy atom. The van der Waals surface area contributed by atoms with Crippen LogP contribution in [0.2, 0.25) is 0 Å². The first-order valence-corrected chi connectivity index (χ1v) is 9.18. The number of carbonyl (C=O) groups excluding carboxylic acids is 2. The number of hydrogen-bond donors (Lipinski definition) is 3. The highest BCUT2D eigenvalue weighted by Gasteiger charge is 2.41. The molecule has 8 heteroatoms. The Morgan fingerprint density at radius 1 is 1.35 bits per heavy atom. The van der Waals surface area contributed by atoms with Gasteiger partial charge >= 0.3 is 6.03 Å². The van der Waals surface area contributed by atoms with Gasteiger partial charge < -0.3 is 15.8 Å². The number of allylic oxidation sites excluding steroid dienone is 1. The molecular weight excluding hydrogens is 352 g/mol. The van der Waals surface area contributed by atoms with E-state index in [1.54, 1.807) is 31.4 Å². The van der Waals surface area contributed by atoms with Crippen molar-refractivity contribution in [3.8, 4) is 11.8 Å². The molecule has 138 valence electrons. The highest BCUT2D eigenvalue weighted by molar-refractivity contribution is 8.04. The van der Waals surface area contributed by atoms with Crippen LogP contribution in [0.4, 0.5) is 4.79 Å². The highest BCUT2D eigenvalue weighted by atomic mass is 32.2. The van der Waals surface area contributed by atoms with E-state index in [1.807, 2.05) is 6.92 Å². The summed E-state index contributed by atoms with van der Waals surface area (Å²) in [6.07, 6.45) is 1.78. The number of hydrogen-bond acceptors (Lipinski definition) is 6. The maximum atomic E-state index is 12.6. The number of benzene rings is 1. The number of nitrogens with zero attached hydrogens (tertiary/aromatic N) is 1. The molecule has 2 rings (SSSR count). The number of rotatable bonds is 6. The SMILES string of the molecule is CCCCNC(=O)NC(=O)C1SC(N)=C(C#N)C1c1ccc(OC)cc1. The second-order valence-electron chi connectivity index (χ2n) is 5.78. The molecule has 3 amide bonds. The zero-order chi connectivity index (χ0) is 19.1. The summed E-state index contributed by atoms with van der Waals surface area (Å²) in [5.41, 5.74) is 7.05. The van der Waals surface area contributed by atoms with Crippen molar-refractivity contribution in [1.29, 1.82) is 5.26 Å². The number of nitrogens with two attached hydrogens (primary N) is 1. The molecule has 1 aromatic rings. The Labute approximate surface area is 157 Å². The quantitative estimate of drug-likeness (QED) is 0.657. The smallest absolute Gasteiger partial charge is 0.321 e. The van der Waals surface area contributed by atoms with Crippen LogP contribution < -0.4 is 21.1 Å². The number of amides is 3. The topological polar surface area (TPSA) is 117 Å². The van der Waals surface area contributed by atoms with Gasteiger partial charge in [0.25, 0.3) is 0 Å². The Kier molecular flexibility index (Phi) is 6.92. The molecule has 0 aliphatic carbocycles. The summed E-state index contributed by atoms with van der Waals surface area (Å²) in [5.74, 6) is -0.316. The summed E-state index contributed by atoms with van der Waals surface area (Å²) in [4.78, 5) is 24.5. The van der Waals surface area contributed by atoms with Crippen molar-refractivity contribution >= 4 is 23.7 Å². The number of nitriles is 1. The Balaban J connectivity index is 2.17. The molecule has 26 heavy (non-hydrogen) atoms. The van der Waals surface area contributed by atoms with Gasteiger partial charge in [-0.2, -0.15) is 5.26 Å². The molecule has 0 fully saturated rings. The number of nitrogens with one attached hydrogen (secondary N) is 2. The van der Waals surface area contributed by atoms with Gasteiger partial charge in [0, 0.05) is 12.5 Å². The van der Waals surface area contributed by atoms with Gasteiger partial charge in [0.05, 0.1) is 23.8 Å². The minimum Gasteiger partial charge on any atom is -0.497 e. The zero-order valence-corrected chi connectivity index (χ0v) is 15.6. The summed E-state index contributed by atoms with van der Waals surface area (Å²) in [5, 5.41) is 14.1. The van der Waals surface area contributed by atoms with E-state index in [0.717, 1.165) is 30.2 Å². The third-order valence-corrected chi connectivity index (χ3v) is 5.25. The summed E-state index contributed by atoms with van der Waals surface area (Å²) in [7, 11) is 1.56. The second-order valence-corrected chi connectivity index (χ2v) is 6.96. The Morgan fingerprint density at radius 2 is 2.04 bits per heavy atom. The van der Waals surface area contributed by atoms with Crippen LogP contribution >= 0.6 is 11.8 Å². The first-order chi connectivity index (χ1) is 12.5.